The summed E-state index contributed by atoms with van der Waals surface area (Å²) < 4.78 is 0. The minimum Gasteiger partial charge on any atom is -0.298 e. The van der Waals surface area contributed by atoms with Crippen molar-refractivity contribution < 1.29 is 14.5 Å². The van der Waals surface area contributed by atoms with Crippen LogP contribution in [0.15, 0.2) is 11.9 Å². The second-order valence-electron chi connectivity index (χ2n) is 1.74. The number of carbonyl (C=O) groups excluding carboxylic acids is 2. The van der Waals surface area contributed by atoms with Gasteiger partial charge in [0.05, 0.1) is 4.92 Å². The number of imide groups is 1. The molecule has 0 aromatic carbocycles. The Labute approximate surface area is 60.2 Å². The number of amides is 3. The van der Waals surface area contributed by atoms with Gasteiger partial charge >= 0.3 is 6.03 Å². The summed E-state index contributed by atoms with van der Waals surface area (Å²) in [6.07, 6.45) is 0.431. The molecule has 0 bridgehead atoms. The Morgan fingerprint density at radius 1 is 1.36 bits per heavy atom. The van der Waals surface area contributed by atoms with E-state index < -0.39 is 16.9 Å². The zero-order valence-electron chi connectivity index (χ0n) is 5.16. The summed E-state index contributed by atoms with van der Waals surface area (Å²) in [7, 11) is 0. The van der Waals surface area contributed by atoms with E-state index in [-0.39, 0.29) is 5.70 Å². The van der Waals surface area contributed by atoms with Crippen LogP contribution in [0.25, 0.3) is 0 Å². The van der Waals surface area contributed by atoms with E-state index in [4.69, 9.17) is 0 Å². The second-order valence-corrected chi connectivity index (χ2v) is 1.74. The molecule has 0 aliphatic carbocycles. The van der Waals surface area contributed by atoms with E-state index in [9.17, 15) is 19.7 Å². The van der Waals surface area contributed by atoms with Crippen LogP contribution in [-0.4, -0.2) is 16.9 Å². The summed E-state index contributed by atoms with van der Waals surface area (Å²) in [5.41, 5.74) is -0.347. The van der Waals surface area contributed by atoms with Gasteiger partial charge in [0.2, 0.25) is 0 Å². The third kappa shape index (κ3) is 1.51. The van der Waals surface area contributed by atoms with Crippen LogP contribution in [0.3, 0.4) is 0 Å². The van der Waals surface area contributed by atoms with Crippen LogP contribution in [-0.2, 0) is 4.79 Å². The topological polar surface area (TPSA) is 101 Å². The van der Waals surface area contributed by atoms with E-state index in [1.807, 2.05) is 10.6 Å². The molecule has 1 rings (SSSR count). The zero-order valence-corrected chi connectivity index (χ0v) is 5.16. The SMILES string of the molecule is O=C1NC(=O)C(=C[N+](=O)[O-])N1. The van der Waals surface area contributed by atoms with E-state index in [0.29, 0.717) is 6.20 Å². The molecule has 1 aliphatic rings. The summed E-state index contributed by atoms with van der Waals surface area (Å²) in [5.74, 6) is -0.785. The number of nitrogens with one attached hydrogen (secondary N) is 2. The average molecular weight is 157 g/mol. The van der Waals surface area contributed by atoms with Crippen LogP contribution in [0.1, 0.15) is 0 Å². The van der Waals surface area contributed by atoms with Gasteiger partial charge in [-0.15, -0.1) is 0 Å². The van der Waals surface area contributed by atoms with Crippen LogP contribution in [0.2, 0.25) is 0 Å². The molecule has 0 atom stereocenters. The Balaban J connectivity index is 2.83. The molecule has 1 fully saturated rings. The monoisotopic (exact) mass is 157 g/mol. The molecule has 7 nitrogen and oxygen atoms in total. The predicted octanol–water partition coefficient (Wildman–Crippen LogP) is -1.06. The van der Waals surface area contributed by atoms with Crippen molar-refractivity contribution in [2.45, 2.75) is 0 Å². The zero-order chi connectivity index (χ0) is 8.43. The van der Waals surface area contributed by atoms with Crippen LogP contribution in [0.4, 0.5) is 4.79 Å². The lowest BCUT2D eigenvalue weighted by molar-refractivity contribution is -0.403. The first-order valence-corrected chi connectivity index (χ1v) is 2.57. The summed E-state index contributed by atoms with van der Waals surface area (Å²) in [5, 5.41) is 13.6. The first kappa shape index (κ1) is 7.19. The highest BCUT2D eigenvalue weighted by molar-refractivity contribution is 6.11. The van der Waals surface area contributed by atoms with Crippen molar-refractivity contribution >= 4 is 11.9 Å². The minimum absolute atomic E-state index is 0.347. The Bertz CT molecular complexity index is 269. The average Bonchev–Trinajstić information content (AvgIpc) is 2.09. The van der Waals surface area contributed by atoms with Crippen molar-refractivity contribution in [2.75, 3.05) is 0 Å². The molecule has 0 aromatic heterocycles. The minimum atomic E-state index is -0.819. The van der Waals surface area contributed by atoms with Gasteiger partial charge in [-0.05, 0) is 0 Å². The Kier molecular flexibility index (Phi) is 1.55. The highest BCUT2D eigenvalue weighted by Gasteiger charge is 2.25. The molecule has 2 N–H and O–H groups in total. The molecule has 1 saturated heterocycles. The van der Waals surface area contributed by atoms with E-state index in [1.54, 1.807) is 0 Å². The molecule has 0 spiro atoms. The maximum Gasteiger partial charge on any atom is 0.326 e. The molecule has 1 heterocycles. The molecule has 11 heavy (non-hydrogen) atoms. The fraction of sp³-hybridized carbons (Fsp3) is 0. The van der Waals surface area contributed by atoms with Crippen molar-refractivity contribution in [3.63, 3.8) is 0 Å². The fourth-order valence-corrected chi connectivity index (χ4v) is 0.577. The highest BCUT2D eigenvalue weighted by Crippen LogP contribution is 1.95. The Morgan fingerprint density at radius 3 is 2.36 bits per heavy atom. The molecular formula is C4H3N3O4. The van der Waals surface area contributed by atoms with E-state index in [0.717, 1.165) is 0 Å². The van der Waals surface area contributed by atoms with Crippen LogP contribution in [0, 0.1) is 10.1 Å². The predicted molar refractivity (Wildman–Crippen MR) is 31.8 cm³/mol. The van der Waals surface area contributed by atoms with Gasteiger partial charge in [0.25, 0.3) is 12.1 Å². The van der Waals surface area contributed by atoms with E-state index in [2.05, 4.69) is 0 Å². The fourth-order valence-electron chi connectivity index (χ4n) is 0.577. The molecule has 0 aromatic rings. The quantitative estimate of drug-likeness (QED) is 0.219. The normalized spacial score (nSPS) is 19.8. The number of carbonyl (C=O) groups is 2. The maximum atomic E-state index is 10.6. The van der Waals surface area contributed by atoms with Gasteiger partial charge in [-0.25, -0.2) is 4.79 Å². The second kappa shape index (κ2) is 2.37. The summed E-state index contributed by atoms with van der Waals surface area (Å²) in [4.78, 5) is 29.9. The number of urea groups is 1. The lowest BCUT2D eigenvalue weighted by Crippen LogP contribution is -2.22. The van der Waals surface area contributed by atoms with Gasteiger partial charge in [-0.1, -0.05) is 0 Å². The highest BCUT2D eigenvalue weighted by atomic mass is 16.6. The summed E-state index contributed by atoms with van der Waals surface area (Å²) in [6.45, 7) is 0. The molecule has 0 saturated carbocycles. The first-order valence-electron chi connectivity index (χ1n) is 2.57. The van der Waals surface area contributed by atoms with E-state index in [1.165, 1.54) is 0 Å². The maximum absolute atomic E-state index is 10.6. The van der Waals surface area contributed by atoms with Crippen molar-refractivity contribution in [3.05, 3.63) is 22.0 Å². The third-order valence-corrected chi connectivity index (χ3v) is 0.954. The van der Waals surface area contributed by atoms with Gasteiger partial charge < -0.3 is 0 Å². The molecule has 0 unspecified atom stereocenters. The number of nitro groups is 1. The van der Waals surface area contributed by atoms with Gasteiger partial charge in [0.15, 0.2) is 5.70 Å². The molecule has 0 radical (unpaired) electrons. The molecule has 3 amide bonds. The van der Waals surface area contributed by atoms with Crippen molar-refractivity contribution in [3.8, 4) is 0 Å². The number of rotatable bonds is 1. The van der Waals surface area contributed by atoms with Crippen LogP contribution in [0.5, 0.6) is 0 Å². The summed E-state index contributed by atoms with van der Waals surface area (Å²) >= 11 is 0. The largest absolute Gasteiger partial charge is 0.326 e. The number of nitrogens with zero attached hydrogens (tertiary/aromatic N) is 1. The van der Waals surface area contributed by atoms with Crippen molar-refractivity contribution in [1.82, 2.24) is 10.6 Å². The first-order chi connectivity index (χ1) is 5.09. The molecule has 7 heteroatoms. The third-order valence-electron chi connectivity index (χ3n) is 0.954. The molecule has 58 valence electrons. The van der Waals surface area contributed by atoms with Gasteiger partial charge in [-0.3, -0.25) is 25.5 Å². The summed E-state index contributed by atoms with van der Waals surface area (Å²) in [6, 6.07) is -0.747. The van der Waals surface area contributed by atoms with Gasteiger partial charge in [0.1, 0.15) is 0 Å². The van der Waals surface area contributed by atoms with Crippen LogP contribution >= 0.6 is 0 Å². The van der Waals surface area contributed by atoms with E-state index >= 15 is 0 Å². The lowest BCUT2D eigenvalue weighted by Gasteiger charge is -1.84. The molecule has 1 aliphatic heterocycles. The van der Waals surface area contributed by atoms with Gasteiger partial charge in [0, 0.05) is 0 Å². The van der Waals surface area contributed by atoms with Gasteiger partial charge in [-0.2, -0.15) is 0 Å². The van der Waals surface area contributed by atoms with Crippen LogP contribution < -0.4 is 10.6 Å². The van der Waals surface area contributed by atoms with Crippen molar-refractivity contribution in [2.24, 2.45) is 0 Å². The molecular weight excluding hydrogens is 154 g/mol. The number of hydrogen-bond donors (Lipinski definition) is 2. The Morgan fingerprint density at radius 2 is 2.00 bits per heavy atom. The standard InChI is InChI=1S/C4H3N3O4/c8-3-2(1-7(10)11)5-4(9)6-3/h1H,(H2,5,6,8,9). The smallest absolute Gasteiger partial charge is 0.298 e. The van der Waals surface area contributed by atoms with Crippen molar-refractivity contribution in [1.29, 1.82) is 0 Å². The Hall–Kier alpha value is -1.92. The number of hydrogen-bond acceptors (Lipinski definition) is 4. The lowest BCUT2D eigenvalue weighted by atomic mass is 10.5.